The lowest BCUT2D eigenvalue weighted by Gasteiger charge is -2.40. The molecule has 1 atom stereocenters. The van der Waals surface area contributed by atoms with Crippen molar-refractivity contribution in [2.24, 2.45) is 0 Å². The molecule has 19 heteroatoms. The van der Waals surface area contributed by atoms with Gasteiger partial charge < -0.3 is 25.0 Å². The molecule has 2 amide bonds. The van der Waals surface area contributed by atoms with E-state index >= 15 is 0 Å². The summed E-state index contributed by atoms with van der Waals surface area (Å²) in [4.78, 5) is 35.0. The number of sulfonamides is 1. The second-order valence-electron chi connectivity index (χ2n) is 9.63. The Labute approximate surface area is 258 Å². The number of alkyl halides is 6. The molecule has 1 aromatic heterocycles. The SMILES string of the molecule is CCNC(=O)c1cnc(N2CCN(S(=O)(=O)c3ccc(OC(F)(F)F)cc3)[C@@H](C(=O)NCc3ccc(OC(F)(F)F)cc3)C2)cn1. The molecule has 2 heterocycles. The molecule has 0 bridgehead atoms. The zero-order valence-corrected chi connectivity index (χ0v) is 24.6. The summed E-state index contributed by atoms with van der Waals surface area (Å²) in [5.41, 5.74) is 0.405. The Kier molecular flexibility index (Phi) is 10.2. The first-order valence-corrected chi connectivity index (χ1v) is 14.8. The van der Waals surface area contributed by atoms with Crippen LogP contribution in [0.15, 0.2) is 65.8 Å². The first kappa shape index (κ1) is 34.2. The van der Waals surface area contributed by atoms with E-state index in [9.17, 15) is 44.3 Å². The van der Waals surface area contributed by atoms with Gasteiger partial charge >= 0.3 is 12.7 Å². The minimum atomic E-state index is -4.99. The van der Waals surface area contributed by atoms with Gasteiger partial charge in [0, 0.05) is 32.7 Å². The lowest BCUT2D eigenvalue weighted by atomic mass is 10.1. The van der Waals surface area contributed by atoms with Crippen molar-refractivity contribution < 1.29 is 53.8 Å². The molecule has 4 rings (SSSR count). The van der Waals surface area contributed by atoms with Crippen molar-refractivity contribution >= 4 is 27.7 Å². The Morgan fingerprint density at radius 3 is 1.98 bits per heavy atom. The third kappa shape index (κ3) is 8.96. The Hall–Kier alpha value is -4.65. The maximum atomic E-state index is 13.6. The van der Waals surface area contributed by atoms with Crippen molar-refractivity contribution in [2.75, 3.05) is 31.1 Å². The monoisotopic (exact) mass is 676 g/mol. The minimum Gasteiger partial charge on any atom is -0.406 e. The number of rotatable bonds is 10. The van der Waals surface area contributed by atoms with Crippen LogP contribution in [-0.4, -0.2) is 79.5 Å². The van der Waals surface area contributed by atoms with E-state index in [-0.39, 0.29) is 37.7 Å². The van der Waals surface area contributed by atoms with Crippen LogP contribution in [0, 0.1) is 0 Å². The zero-order valence-electron chi connectivity index (χ0n) is 23.8. The molecule has 248 valence electrons. The van der Waals surface area contributed by atoms with E-state index in [4.69, 9.17) is 0 Å². The van der Waals surface area contributed by atoms with Gasteiger partial charge in [0.1, 0.15) is 29.1 Å². The number of aromatic nitrogens is 2. The van der Waals surface area contributed by atoms with E-state index < -0.39 is 57.0 Å². The van der Waals surface area contributed by atoms with Crippen molar-refractivity contribution in [3.63, 3.8) is 0 Å². The van der Waals surface area contributed by atoms with Crippen LogP contribution >= 0.6 is 0 Å². The average Bonchev–Trinajstić information content (AvgIpc) is 2.99. The number of carbonyl (C=O) groups is 2. The first-order chi connectivity index (χ1) is 21.6. The van der Waals surface area contributed by atoms with Gasteiger partial charge in [-0.1, -0.05) is 12.1 Å². The van der Waals surface area contributed by atoms with Gasteiger partial charge in [0.2, 0.25) is 15.9 Å². The van der Waals surface area contributed by atoms with Crippen LogP contribution < -0.4 is 25.0 Å². The van der Waals surface area contributed by atoms with Crippen molar-refractivity contribution in [1.82, 2.24) is 24.9 Å². The highest BCUT2D eigenvalue weighted by atomic mass is 32.2. The van der Waals surface area contributed by atoms with E-state index in [0.29, 0.717) is 12.1 Å². The van der Waals surface area contributed by atoms with Crippen LogP contribution in [-0.2, 0) is 21.4 Å². The van der Waals surface area contributed by atoms with Gasteiger partial charge in [0.05, 0.1) is 17.3 Å². The van der Waals surface area contributed by atoms with Crippen LogP contribution in [0.25, 0.3) is 0 Å². The topological polar surface area (TPSA) is 143 Å². The molecular formula is C27H26F6N6O6S. The van der Waals surface area contributed by atoms with E-state index in [2.05, 4.69) is 30.1 Å². The predicted octanol–water partition coefficient (Wildman–Crippen LogP) is 3.22. The third-order valence-corrected chi connectivity index (χ3v) is 8.38. The van der Waals surface area contributed by atoms with Gasteiger partial charge in [-0.25, -0.2) is 18.4 Å². The standard InChI is InChI=1S/C27H26F6N6O6S/c1-2-34-24(40)21-14-36-23(15-35-21)38-11-12-39(46(42,43)20-9-7-19(8-10-20)45-27(31,32)33)22(16-38)25(41)37-13-17-3-5-18(6-4-17)44-26(28,29)30/h3-10,14-15,22H,2,11-13,16H2,1H3,(H,34,40)(H,37,41)/t22-/m1/s1. The molecule has 2 aromatic carbocycles. The fraction of sp³-hybridized carbons (Fsp3) is 0.333. The molecule has 1 saturated heterocycles. The molecule has 12 nitrogen and oxygen atoms in total. The highest BCUT2D eigenvalue weighted by Crippen LogP contribution is 2.28. The lowest BCUT2D eigenvalue weighted by molar-refractivity contribution is -0.275. The maximum absolute atomic E-state index is 13.6. The van der Waals surface area contributed by atoms with Crippen LogP contribution in [0.3, 0.4) is 0 Å². The van der Waals surface area contributed by atoms with Crippen LogP contribution in [0.4, 0.5) is 32.2 Å². The quantitative estimate of drug-likeness (QED) is 0.310. The molecule has 1 aliphatic rings. The molecular weight excluding hydrogens is 650 g/mol. The molecule has 1 aliphatic heterocycles. The summed E-state index contributed by atoms with van der Waals surface area (Å²) in [6.45, 7) is 1.41. The smallest absolute Gasteiger partial charge is 0.406 e. The molecule has 0 spiro atoms. The number of hydrogen-bond acceptors (Lipinski definition) is 9. The summed E-state index contributed by atoms with van der Waals surface area (Å²) in [5.74, 6) is -2.13. The van der Waals surface area contributed by atoms with Crippen LogP contribution in [0.1, 0.15) is 23.0 Å². The van der Waals surface area contributed by atoms with Gasteiger partial charge in [0.25, 0.3) is 5.91 Å². The minimum absolute atomic E-state index is 0.0220. The molecule has 3 aromatic rings. The van der Waals surface area contributed by atoms with Crippen LogP contribution in [0.5, 0.6) is 11.5 Å². The van der Waals surface area contributed by atoms with Gasteiger partial charge in [0.15, 0.2) is 0 Å². The lowest BCUT2D eigenvalue weighted by Crippen LogP contribution is -2.60. The number of ether oxygens (including phenoxy) is 2. The largest absolute Gasteiger partial charge is 0.573 e. The summed E-state index contributed by atoms with van der Waals surface area (Å²) in [5, 5.41) is 5.14. The number of anilines is 1. The summed E-state index contributed by atoms with van der Waals surface area (Å²) in [6.07, 6.45) is -7.38. The second-order valence-corrected chi connectivity index (χ2v) is 11.5. The van der Waals surface area contributed by atoms with E-state index in [1.807, 2.05) is 0 Å². The molecule has 1 fully saturated rings. The maximum Gasteiger partial charge on any atom is 0.573 e. The van der Waals surface area contributed by atoms with Gasteiger partial charge in [-0.2, -0.15) is 4.31 Å². The van der Waals surface area contributed by atoms with Crippen molar-refractivity contribution in [1.29, 1.82) is 0 Å². The Morgan fingerprint density at radius 2 is 1.46 bits per heavy atom. The molecule has 46 heavy (non-hydrogen) atoms. The van der Waals surface area contributed by atoms with Crippen molar-refractivity contribution in [3.8, 4) is 11.5 Å². The van der Waals surface area contributed by atoms with Gasteiger partial charge in [-0.3, -0.25) is 9.59 Å². The zero-order chi connectivity index (χ0) is 33.7. The molecule has 0 saturated carbocycles. The summed E-state index contributed by atoms with van der Waals surface area (Å²) in [6, 6.07) is 6.71. The van der Waals surface area contributed by atoms with Gasteiger partial charge in [-0.15, -0.1) is 26.3 Å². The predicted molar refractivity (Wildman–Crippen MR) is 148 cm³/mol. The molecule has 0 radical (unpaired) electrons. The third-order valence-electron chi connectivity index (χ3n) is 6.45. The molecule has 0 aliphatic carbocycles. The number of hydrogen-bond donors (Lipinski definition) is 2. The number of carbonyl (C=O) groups excluding carboxylic acids is 2. The fourth-order valence-electron chi connectivity index (χ4n) is 4.39. The van der Waals surface area contributed by atoms with E-state index in [1.165, 1.54) is 24.5 Å². The number of piperazine rings is 1. The van der Waals surface area contributed by atoms with Gasteiger partial charge in [-0.05, 0) is 48.9 Å². The van der Waals surface area contributed by atoms with E-state index in [1.54, 1.807) is 11.8 Å². The average molecular weight is 677 g/mol. The number of benzene rings is 2. The number of amides is 2. The number of nitrogens with one attached hydrogen (secondary N) is 2. The summed E-state index contributed by atoms with van der Waals surface area (Å²) >= 11 is 0. The Morgan fingerprint density at radius 1 is 0.870 bits per heavy atom. The highest BCUT2D eigenvalue weighted by Gasteiger charge is 2.41. The number of halogens is 6. The second kappa shape index (κ2) is 13.8. The Balaban J connectivity index is 1.56. The summed E-state index contributed by atoms with van der Waals surface area (Å²) in [7, 11) is -4.46. The normalized spacial score (nSPS) is 16.1. The first-order valence-electron chi connectivity index (χ1n) is 13.4. The Bertz CT molecular complexity index is 1620. The van der Waals surface area contributed by atoms with Crippen molar-refractivity contribution in [3.05, 3.63) is 72.2 Å². The van der Waals surface area contributed by atoms with E-state index in [0.717, 1.165) is 40.7 Å². The summed E-state index contributed by atoms with van der Waals surface area (Å²) < 4.78 is 111. The van der Waals surface area contributed by atoms with Crippen LogP contribution in [0.2, 0.25) is 0 Å². The molecule has 2 N–H and O–H groups in total. The number of nitrogens with zero attached hydrogens (tertiary/aromatic N) is 4. The highest BCUT2D eigenvalue weighted by molar-refractivity contribution is 7.89. The molecule has 0 unspecified atom stereocenters. The van der Waals surface area contributed by atoms with Crippen molar-refractivity contribution in [2.45, 2.75) is 37.1 Å². The fourth-order valence-corrected chi connectivity index (χ4v) is 5.96.